The van der Waals surface area contributed by atoms with E-state index in [1.54, 1.807) is 62.1 Å². The van der Waals surface area contributed by atoms with Gasteiger partial charge < -0.3 is 14.7 Å². The maximum Gasteiger partial charge on any atom is 0.411 e. The second-order valence-corrected chi connectivity index (χ2v) is 8.35. The molecule has 3 rings (SSSR count). The second-order valence-electron chi connectivity index (χ2n) is 7.58. The number of rotatable bonds is 5. The van der Waals surface area contributed by atoms with Crippen LogP contribution in [0, 0.1) is 18.3 Å². The Kier molecular flexibility index (Phi) is 6.69. The van der Waals surface area contributed by atoms with Gasteiger partial charge in [-0.15, -0.1) is 0 Å². The number of anilines is 3. The number of hydrogen-bond acceptors (Lipinski definition) is 6. The zero-order valence-electron chi connectivity index (χ0n) is 17.7. The number of aliphatic hydroxyl groups excluding tert-OH is 1. The van der Waals surface area contributed by atoms with E-state index >= 15 is 0 Å². The average molecular weight is 473 g/mol. The minimum absolute atomic E-state index is 0.153. The summed E-state index contributed by atoms with van der Waals surface area (Å²) in [5, 5.41) is 21.0. The van der Waals surface area contributed by atoms with Crippen molar-refractivity contribution in [1.82, 2.24) is 0 Å². The molecule has 0 aromatic heterocycles. The van der Waals surface area contributed by atoms with E-state index in [0.29, 0.717) is 16.9 Å². The minimum Gasteiger partial charge on any atom is -0.447 e. The molecule has 0 saturated carbocycles. The van der Waals surface area contributed by atoms with E-state index in [4.69, 9.17) is 33.7 Å². The van der Waals surface area contributed by atoms with Gasteiger partial charge in [0.1, 0.15) is 12.1 Å². The number of aryl methyl sites for hydroxylation is 1. The number of carbonyl (C=O) groups excluding carboxylic acids is 2. The van der Waals surface area contributed by atoms with Gasteiger partial charge in [0.2, 0.25) is 0 Å². The Balaban J connectivity index is 1.98. The van der Waals surface area contributed by atoms with Crippen molar-refractivity contribution < 1.29 is 19.4 Å². The summed E-state index contributed by atoms with van der Waals surface area (Å²) in [6.07, 6.45) is -0.771. The van der Waals surface area contributed by atoms with Crippen molar-refractivity contribution in [1.29, 1.82) is 5.26 Å². The van der Waals surface area contributed by atoms with Crippen LogP contribution in [0.4, 0.5) is 21.9 Å². The summed E-state index contributed by atoms with van der Waals surface area (Å²) in [4.78, 5) is 28.3. The summed E-state index contributed by atoms with van der Waals surface area (Å²) in [5.41, 5.74) is 1.60. The van der Waals surface area contributed by atoms with Crippen molar-refractivity contribution >= 4 is 58.0 Å². The lowest BCUT2D eigenvalue weighted by Crippen LogP contribution is -2.44. The molecule has 8 nitrogen and oxygen atoms in total. The number of carbonyl (C=O) groups is 2. The van der Waals surface area contributed by atoms with Gasteiger partial charge in [-0.3, -0.25) is 15.0 Å². The largest absolute Gasteiger partial charge is 0.447 e. The SMILES string of the molecule is Cc1cc(N2C(=O)C(C)(C)N(c3ccc(Cl)c(NC(=O)OCCO)c3)C2=S)ccc1C#N. The molecule has 0 atom stereocenters. The highest BCUT2D eigenvalue weighted by Crippen LogP contribution is 2.39. The Morgan fingerprint density at radius 2 is 1.97 bits per heavy atom. The third kappa shape index (κ3) is 4.25. The number of amides is 2. The average Bonchev–Trinajstić information content (AvgIpc) is 2.92. The van der Waals surface area contributed by atoms with Crippen LogP contribution in [-0.4, -0.2) is 41.0 Å². The summed E-state index contributed by atoms with van der Waals surface area (Å²) in [6, 6.07) is 12.1. The van der Waals surface area contributed by atoms with Crippen LogP contribution in [-0.2, 0) is 9.53 Å². The fourth-order valence-corrected chi connectivity index (χ4v) is 4.09. The topological polar surface area (TPSA) is 106 Å². The number of benzene rings is 2. The second kappa shape index (κ2) is 9.12. The number of nitriles is 1. The van der Waals surface area contributed by atoms with Crippen LogP contribution in [0.15, 0.2) is 36.4 Å². The van der Waals surface area contributed by atoms with Crippen molar-refractivity contribution in [2.75, 3.05) is 28.3 Å². The smallest absolute Gasteiger partial charge is 0.411 e. The Labute approximate surface area is 195 Å². The van der Waals surface area contributed by atoms with Gasteiger partial charge in [-0.2, -0.15) is 5.26 Å². The number of ether oxygens (including phenoxy) is 1. The zero-order valence-corrected chi connectivity index (χ0v) is 19.3. The maximum atomic E-state index is 13.3. The summed E-state index contributed by atoms with van der Waals surface area (Å²) >= 11 is 11.9. The van der Waals surface area contributed by atoms with Gasteiger partial charge in [0.25, 0.3) is 5.91 Å². The molecule has 32 heavy (non-hydrogen) atoms. The van der Waals surface area contributed by atoms with Crippen LogP contribution in [0.1, 0.15) is 25.0 Å². The van der Waals surface area contributed by atoms with Crippen molar-refractivity contribution in [3.8, 4) is 6.07 Å². The monoisotopic (exact) mass is 472 g/mol. The van der Waals surface area contributed by atoms with Gasteiger partial charge in [-0.1, -0.05) is 11.6 Å². The molecule has 2 aromatic rings. The minimum atomic E-state index is -1.03. The van der Waals surface area contributed by atoms with Crippen LogP contribution in [0.5, 0.6) is 0 Å². The molecule has 2 N–H and O–H groups in total. The molecule has 2 amide bonds. The number of halogens is 1. The quantitative estimate of drug-likeness (QED) is 0.634. The standard InChI is InChI=1S/C22H21ClN4O4S/c1-13-10-15(5-4-14(13)12-24)26-19(29)22(2,3)27(21(26)32)16-6-7-17(23)18(11-16)25-20(30)31-9-8-28/h4-7,10-11,28H,8-9H2,1-3H3,(H,25,30). The molecule has 1 aliphatic rings. The lowest BCUT2D eigenvalue weighted by atomic mass is 10.0. The number of hydrogen-bond donors (Lipinski definition) is 2. The molecular weight excluding hydrogens is 452 g/mol. The first kappa shape index (κ1) is 23.5. The highest BCUT2D eigenvalue weighted by atomic mass is 35.5. The molecule has 1 aliphatic heterocycles. The van der Waals surface area contributed by atoms with Gasteiger partial charge in [-0.25, -0.2) is 4.79 Å². The highest BCUT2D eigenvalue weighted by molar-refractivity contribution is 7.81. The van der Waals surface area contributed by atoms with Gasteiger partial charge in [0, 0.05) is 5.69 Å². The molecule has 2 aromatic carbocycles. The Morgan fingerprint density at radius 3 is 2.59 bits per heavy atom. The molecule has 1 saturated heterocycles. The van der Waals surface area contributed by atoms with Gasteiger partial charge in [0.05, 0.1) is 34.6 Å². The molecule has 0 bridgehead atoms. The van der Waals surface area contributed by atoms with Crippen LogP contribution in [0.3, 0.4) is 0 Å². The molecule has 1 fully saturated rings. The number of thiocarbonyl (C=S) groups is 1. The normalized spacial score (nSPS) is 15.0. The molecule has 0 aliphatic carbocycles. The van der Waals surface area contributed by atoms with E-state index in [1.165, 1.54) is 4.90 Å². The van der Waals surface area contributed by atoms with E-state index in [0.717, 1.165) is 5.56 Å². The number of aliphatic hydroxyl groups is 1. The molecule has 0 radical (unpaired) electrons. The number of nitrogens with one attached hydrogen (secondary N) is 1. The Hall–Kier alpha value is -3.19. The summed E-state index contributed by atoms with van der Waals surface area (Å²) < 4.78 is 4.82. The van der Waals surface area contributed by atoms with Gasteiger partial charge >= 0.3 is 6.09 Å². The van der Waals surface area contributed by atoms with Crippen LogP contribution >= 0.6 is 23.8 Å². The number of nitrogens with zero attached hydrogens (tertiary/aromatic N) is 3. The van der Waals surface area contributed by atoms with E-state index in [9.17, 15) is 14.9 Å². The van der Waals surface area contributed by atoms with E-state index in [2.05, 4.69) is 11.4 Å². The first-order valence-corrected chi connectivity index (χ1v) is 10.4. The van der Waals surface area contributed by atoms with Gasteiger partial charge in [0.15, 0.2) is 5.11 Å². The molecule has 1 heterocycles. The van der Waals surface area contributed by atoms with Crippen LogP contribution in [0.2, 0.25) is 5.02 Å². The summed E-state index contributed by atoms with van der Waals surface area (Å²) in [7, 11) is 0. The molecular formula is C22H21ClN4O4S. The van der Waals surface area contributed by atoms with Crippen LogP contribution < -0.4 is 15.1 Å². The zero-order chi connectivity index (χ0) is 23.6. The van der Waals surface area contributed by atoms with Crippen molar-refractivity contribution in [2.24, 2.45) is 0 Å². The molecule has 0 unspecified atom stereocenters. The molecule has 166 valence electrons. The lowest BCUT2D eigenvalue weighted by Gasteiger charge is -2.30. The first-order valence-electron chi connectivity index (χ1n) is 9.65. The fraction of sp³-hybridized carbons (Fsp3) is 0.273. The van der Waals surface area contributed by atoms with Crippen molar-refractivity contribution in [3.05, 3.63) is 52.5 Å². The maximum absolute atomic E-state index is 13.3. The van der Waals surface area contributed by atoms with E-state index < -0.39 is 11.6 Å². The van der Waals surface area contributed by atoms with Crippen molar-refractivity contribution in [3.63, 3.8) is 0 Å². The first-order chi connectivity index (χ1) is 15.1. The predicted octanol–water partition coefficient (Wildman–Crippen LogP) is 3.98. The highest BCUT2D eigenvalue weighted by Gasteiger charge is 2.50. The fourth-order valence-electron chi connectivity index (χ4n) is 3.40. The third-order valence-corrected chi connectivity index (χ3v) is 5.72. The Morgan fingerprint density at radius 1 is 1.28 bits per heavy atom. The summed E-state index contributed by atoms with van der Waals surface area (Å²) in [6.45, 7) is 4.83. The van der Waals surface area contributed by atoms with Crippen LogP contribution in [0.25, 0.3) is 0 Å². The van der Waals surface area contributed by atoms with Gasteiger partial charge in [-0.05, 0) is 75.0 Å². The summed E-state index contributed by atoms with van der Waals surface area (Å²) in [5.74, 6) is -0.238. The third-order valence-electron chi connectivity index (χ3n) is 5.03. The predicted molar refractivity (Wildman–Crippen MR) is 126 cm³/mol. The lowest BCUT2D eigenvalue weighted by molar-refractivity contribution is -0.120. The van der Waals surface area contributed by atoms with E-state index in [1.807, 2.05) is 0 Å². The Bertz CT molecular complexity index is 1150. The molecule has 10 heteroatoms. The molecule has 0 spiro atoms. The van der Waals surface area contributed by atoms with Crippen molar-refractivity contribution in [2.45, 2.75) is 26.3 Å². The van der Waals surface area contributed by atoms with E-state index in [-0.39, 0.29) is 34.9 Å².